The second-order valence-corrected chi connectivity index (χ2v) is 8.05. The molecule has 7 nitrogen and oxygen atoms in total. The summed E-state index contributed by atoms with van der Waals surface area (Å²) in [5.41, 5.74) is 2.64. The molecule has 2 fully saturated rings. The molecule has 1 aromatic carbocycles. The third kappa shape index (κ3) is 6.44. The molecule has 0 aromatic heterocycles. The van der Waals surface area contributed by atoms with Gasteiger partial charge >= 0.3 is 0 Å². The molecule has 3 rings (SSSR count). The van der Waals surface area contributed by atoms with Crippen molar-refractivity contribution in [3.8, 4) is 0 Å². The Morgan fingerprint density at radius 3 is 2.60 bits per heavy atom. The molecule has 1 aromatic rings. The van der Waals surface area contributed by atoms with Gasteiger partial charge in [-0.25, -0.2) is 0 Å². The first kappa shape index (κ1) is 22.6. The number of carbonyl (C=O) groups is 1. The predicted octanol–water partition coefficient (Wildman–Crippen LogP) is 1.97. The lowest BCUT2D eigenvalue weighted by atomic mass is 10.1. The van der Waals surface area contributed by atoms with Gasteiger partial charge < -0.3 is 20.3 Å². The van der Waals surface area contributed by atoms with Crippen LogP contribution in [0.25, 0.3) is 0 Å². The van der Waals surface area contributed by atoms with Crippen molar-refractivity contribution in [1.82, 2.24) is 20.4 Å². The van der Waals surface area contributed by atoms with Gasteiger partial charge in [-0.1, -0.05) is 31.2 Å². The van der Waals surface area contributed by atoms with E-state index in [-0.39, 0.29) is 0 Å². The Morgan fingerprint density at radius 2 is 1.93 bits per heavy atom. The molecule has 0 aliphatic carbocycles. The molecule has 0 radical (unpaired) electrons. The summed E-state index contributed by atoms with van der Waals surface area (Å²) < 4.78 is 5.46. The van der Waals surface area contributed by atoms with Crippen molar-refractivity contribution in [3.63, 3.8) is 0 Å². The van der Waals surface area contributed by atoms with Gasteiger partial charge in [0.15, 0.2) is 5.96 Å². The van der Waals surface area contributed by atoms with Crippen LogP contribution in [0.15, 0.2) is 29.3 Å². The number of aliphatic imine (C=N–C) groups is 1. The molecular weight excluding hydrogens is 378 g/mol. The molecule has 2 heterocycles. The Morgan fingerprint density at radius 1 is 1.17 bits per heavy atom. The number of nitrogens with zero attached hydrogens (tertiary/aromatic N) is 3. The van der Waals surface area contributed by atoms with E-state index >= 15 is 0 Å². The van der Waals surface area contributed by atoms with E-state index in [0.717, 1.165) is 77.7 Å². The molecule has 0 spiro atoms. The van der Waals surface area contributed by atoms with Gasteiger partial charge in [0.25, 0.3) is 0 Å². The summed E-state index contributed by atoms with van der Waals surface area (Å²) in [6.45, 7) is 9.18. The SMILES string of the molecule is CCC(CCNC(=NC)NCc1ccccc1CN1CCOCC1)N1CCCC1=O. The van der Waals surface area contributed by atoms with Gasteiger partial charge in [0.2, 0.25) is 5.91 Å². The van der Waals surface area contributed by atoms with E-state index in [2.05, 4.69) is 56.6 Å². The number of hydrogen-bond donors (Lipinski definition) is 2. The van der Waals surface area contributed by atoms with Crippen LogP contribution in [0.3, 0.4) is 0 Å². The van der Waals surface area contributed by atoms with Gasteiger partial charge in [0.05, 0.1) is 13.2 Å². The van der Waals surface area contributed by atoms with Crippen LogP contribution in [-0.4, -0.2) is 74.1 Å². The standard InChI is InChI=1S/C23H37N5O2/c1-3-21(28-12-6-9-22(28)29)10-11-25-23(24-2)26-17-19-7-4-5-8-20(19)18-27-13-15-30-16-14-27/h4-5,7-8,21H,3,6,9-18H2,1-2H3,(H2,24,25,26). The number of amides is 1. The number of rotatable bonds is 9. The summed E-state index contributed by atoms with van der Waals surface area (Å²) in [7, 11) is 1.80. The lowest BCUT2D eigenvalue weighted by Crippen LogP contribution is -2.42. The summed E-state index contributed by atoms with van der Waals surface area (Å²) in [6.07, 6.45) is 3.64. The lowest BCUT2D eigenvalue weighted by molar-refractivity contribution is -0.129. The van der Waals surface area contributed by atoms with Crippen LogP contribution in [0.5, 0.6) is 0 Å². The normalized spacial score (nSPS) is 19.2. The molecular formula is C23H37N5O2. The van der Waals surface area contributed by atoms with Gasteiger partial charge in [0.1, 0.15) is 0 Å². The molecule has 1 atom stereocenters. The first-order valence-corrected chi connectivity index (χ1v) is 11.3. The van der Waals surface area contributed by atoms with Crippen molar-refractivity contribution < 1.29 is 9.53 Å². The van der Waals surface area contributed by atoms with Gasteiger partial charge in [-0.05, 0) is 30.4 Å². The first-order chi connectivity index (χ1) is 14.7. The maximum Gasteiger partial charge on any atom is 0.222 e. The van der Waals surface area contributed by atoms with Crippen LogP contribution in [0.2, 0.25) is 0 Å². The van der Waals surface area contributed by atoms with Crippen LogP contribution in [0.4, 0.5) is 0 Å². The summed E-state index contributed by atoms with van der Waals surface area (Å²) in [6, 6.07) is 8.91. The smallest absolute Gasteiger partial charge is 0.222 e. The number of morpholine rings is 1. The largest absolute Gasteiger partial charge is 0.379 e. The fourth-order valence-corrected chi connectivity index (χ4v) is 4.28. The molecule has 2 aliphatic heterocycles. The Kier molecular flexibility index (Phi) is 8.96. The minimum Gasteiger partial charge on any atom is -0.379 e. The quantitative estimate of drug-likeness (QED) is 0.477. The second-order valence-electron chi connectivity index (χ2n) is 8.05. The number of carbonyl (C=O) groups excluding carboxylic acids is 1. The van der Waals surface area contributed by atoms with Crippen molar-refractivity contribution in [3.05, 3.63) is 35.4 Å². The maximum absolute atomic E-state index is 12.0. The zero-order chi connectivity index (χ0) is 21.2. The van der Waals surface area contributed by atoms with Gasteiger partial charge in [-0.15, -0.1) is 0 Å². The van der Waals surface area contributed by atoms with Crippen molar-refractivity contribution >= 4 is 11.9 Å². The minimum atomic E-state index is 0.307. The number of hydrogen-bond acceptors (Lipinski definition) is 4. The summed E-state index contributed by atoms with van der Waals surface area (Å²) >= 11 is 0. The lowest BCUT2D eigenvalue weighted by Gasteiger charge is -2.28. The average molecular weight is 416 g/mol. The Labute approximate surface area is 180 Å². The predicted molar refractivity (Wildman–Crippen MR) is 120 cm³/mol. The highest BCUT2D eigenvalue weighted by Gasteiger charge is 2.26. The van der Waals surface area contributed by atoms with Crippen molar-refractivity contribution in [2.75, 3.05) is 46.4 Å². The monoisotopic (exact) mass is 415 g/mol. The van der Waals surface area contributed by atoms with Crippen molar-refractivity contribution in [2.24, 2.45) is 4.99 Å². The van der Waals surface area contributed by atoms with Gasteiger partial charge in [-0.3, -0.25) is 14.7 Å². The summed E-state index contributed by atoms with van der Waals surface area (Å²) in [5.74, 6) is 1.11. The van der Waals surface area contributed by atoms with Crippen LogP contribution >= 0.6 is 0 Å². The molecule has 0 saturated carbocycles. The molecule has 30 heavy (non-hydrogen) atoms. The Hall–Kier alpha value is -2.12. The van der Waals surface area contributed by atoms with Crippen LogP contribution in [0, 0.1) is 0 Å². The summed E-state index contributed by atoms with van der Waals surface area (Å²) in [5, 5.41) is 6.87. The fourth-order valence-electron chi connectivity index (χ4n) is 4.28. The number of benzene rings is 1. The zero-order valence-corrected chi connectivity index (χ0v) is 18.5. The molecule has 1 amide bonds. The molecule has 2 saturated heterocycles. The number of ether oxygens (including phenoxy) is 1. The van der Waals surface area contributed by atoms with Gasteiger partial charge in [-0.2, -0.15) is 0 Å². The third-order valence-electron chi connectivity index (χ3n) is 6.08. The van der Waals surface area contributed by atoms with Crippen LogP contribution < -0.4 is 10.6 Å². The van der Waals surface area contributed by atoms with E-state index in [1.807, 2.05) is 0 Å². The number of guanidine groups is 1. The molecule has 166 valence electrons. The highest BCUT2D eigenvalue weighted by molar-refractivity contribution is 5.80. The topological polar surface area (TPSA) is 69.2 Å². The second kappa shape index (κ2) is 11.9. The van der Waals surface area contributed by atoms with E-state index < -0.39 is 0 Å². The highest BCUT2D eigenvalue weighted by atomic mass is 16.5. The highest BCUT2D eigenvalue weighted by Crippen LogP contribution is 2.17. The van der Waals surface area contributed by atoms with E-state index in [1.165, 1.54) is 11.1 Å². The summed E-state index contributed by atoms with van der Waals surface area (Å²) in [4.78, 5) is 20.9. The molecule has 2 aliphatic rings. The van der Waals surface area contributed by atoms with Gasteiger partial charge in [0, 0.05) is 58.8 Å². The maximum atomic E-state index is 12.0. The van der Waals surface area contributed by atoms with Crippen molar-refractivity contribution in [2.45, 2.75) is 51.7 Å². The van der Waals surface area contributed by atoms with E-state index in [4.69, 9.17) is 4.74 Å². The Bertz CT molecular complexity index is 703. The Balaban J connectivity index is 1.46. The first-order valence-electron chi connectivity index (χ1n) is 11.3. The van der Waals surface area contributed by atoms with Crippen LogP contribution in [-0.2, 0) is 22.6 Å². The van der Waals surface area contributed by atoms with Crippen molar-refractivity contribution in [1.29, 1.82) is 0 Å². The van der Waals surface area contributed by atoms with E-state index in [9.17, 15) is 4.79 Å². The van der Waals surface area contributed by atoms with E-state index in [1.54, 1.807) is 7.05 Å². The zero-order valence-electron chi connectivity index (χ0n) is 18.5. The third-order valence-corrected chi connectivity index (χ3v) is 6.08. The molecule has 2 N–H and O–H groups in total. The molecule has 7 heteroatoms. The number of nitrogens with one attached hydrogen (secondary N) is 2. The minimum absolute atomic E-state index is 0.307. The number of likely N-dealkylation sites (tertiary alicyclic amines) is 1. The molecule has 0 bridgehead atoms. The fraction of sp³-hybridized carbons (Fsp3) is 0.652. The molecule has 1 unspecified atom stereocenters. The van der Waals surface area contributed by atoms with Crippen LogP contribution in [0.1, 0.15) is 43.7 Å². The average Bonchev–Trinajstić information content (AvgIpc) is 3.20. The van der Waals surface area contributed by atoms with E-state index in [0.29, 0.717) is 18.4 Å².